The van der Waals surface area contributed by atoms with Gasteiger partial charge < -0.3 is 15.4 Å². The smallest absolute Gasteiger partial charge is 0.215 e. The van der Waals surface area contributed by atoms with Gasteiger partial charge in [0.2, 0.25) is 10.3 Å². The van der Waals surface area contributed by atoms with Gasteiger partial charge in [-0.1, -0.05) is 11.3 Å². The molecule has 160 valence electrons. The molecule has 4 aromatic heterocycles. The number of nitrogen functional groups attached to an aromatic ring is 1. The molecule has 1 aliphatic rings. The Morgan fingerprint density at radius 1 is 1.10 bits per heavy atom. The molecular formula is C20H23N9OS. The van der Waals surface area contributed by atoms with Crippen LogP contribution >= 0.6 is 11.3 Å². The van der Waals surface area contributed by atoms with Gasteiger partial charge in [-0.05, 0) is 18.2 Å². The Morgan fingerprint density at radius 3 is 2.77 bits per heavy atom. The molecule has 4 aromatic rings. The molecular weight excluding hydrogens is 414 g/mol. The van der Waals surface area contributed by atoms with E-state index in [1.165, 1.54) is 11.3 Å². The molecule has 0 spiro atoms. The van der Waals surface area contributed by atoms with Crippen LogP contribution < -0.4 is 10.6 Å². The predicted molar refractivity (Wildman–Crippen MR) is 120 cm³/mol. The number of ether oxygens (including phenoxy) is 1. The number of hydrogen-bond donors (Lipinski definition) is 1. The number of rotatable bonds is 6. The lowest BCUT2D eigenvalue weighted by Gasteiger charge is -2.26. The van der Waals surface area contributed by atoms with Gasteiger partial charge in [0.05, 0.1) is 37.0 Å². The Hall–Kier alpha value is -3.15. The summed E-state index contributed by atoms with van der Waals surface area (Å²) in [5, 5.41) is 13.6. The second kappa shape index (κ2) is 8.53. The monoisotopic (exact) mass is 437 g/mol. The number of fused-ring (bicyclic) bond motifs is 1. The first-order chi connectivity index (χ1) is 15.2. The summed E-state index contributed by atoms with van der Waals surface area (Å²) in [6, 6.07) is 5.90. The van der Waals surface area contributed by atoms with Crippen molar-refractivity contribution in [1.29, 1.82) is 0 Å². The molecule has 5 heterocycles. The summed E-state index contributed by atoms with van der Waals surface area (Å²) in [4.78, 5) is 13.6. The van der Waals surface area contributed by atoms with E-state index in [-0.39, 0.29) is 0 Å². The number of nitrogens with two attached hydrogens (primary N) is 1. The van der Waals surface area contributed by atoms with Crippen LogP contribution in [0.4, 0.5) is 16.1 Å². The Labute approximate surface area is 183 Å². The Balaban J connectivity index is 1.34. The molecule has 0 amide bonds. The molecule has 10 nitrogen and oxygen atoms in total. The predicted octanol–water partition coefficient (Wildman–Crippen LogP) is 2.03. The maximum absolute atomic E-state index is 5.71. The summed E-state index contributed by atoms with van der Waals surface area (Å²) < 4.78 is 7.39. The van der Waals surface area contributed by atoms with E-state index in [4.69, 9.17) is 15.5 Å². The van der Waals surface area contributed by atoms with Gasteiger partial charge in [-0.2, -0.15) is 5.10 Å². The number of aromatic nitrogens is 6. The first-order valence-electron chi connectivity index (χ1n) is 10.1. The number of pyridine rings is 2. The lowest BCUT2D eigenvalue weighted by atomic mass is 10.1. The van der Waals surface area contributed by atoms with Gasteiger partial charge >= 0.3 is 0 Å². The fraction of sp³-hybridized carbons (Fsp3) is 0.350. The molecule has 1 aliphatic heterocycles. The standard InChI is InChI=1S/C20H23N9OS/c1-27(20-26-25-19(21)31-20)18-3-2-16-17(24-18)10-14(11-22-16)15-12-23-29(13-15)5-4-28-6-8-30-9-7-28/h2-3,10-13H,4-9H2,1H3,(H2,21,25). The van der Waals surface area contributed by atoms with Gasteiger partial charge in [-0.15, -0.1) is 10.2 Å². The normalized spacial score (nSPS) is 14.9. The van der Waals surface area contributed by atoms with Crippen LogP contribution in [0.2, 0.25) is 0 Å². The zero-order valence-electron chi connectivity index (χ0n) is 17.2. The summed E-state index contributed by atoms with van der Waals surface area (Å²) >= 11 is 1.32. The second-order valence-corrected chi connectivity index (χ2v) is 8.35. The molecule has 31 heavy (non-hydrogen) atoms. The van der Waals surface area contributed by atoms with Crippen LogP contribution in [-0.4, -0.2) is 74.7 Å². The van der Waals surface area contributed by atoms with Crippen molar-refractivity contribution in [2.45, 2.75) is 6.54 Å². The summed E-state index contributed by atoms with van der Waals surface area (Å²) in [6.07, 6.45) is 5.80. The van der Waals surface area contributed by atoms with Crippen LogP contribution in [0.3, 0.4) is 0 Å². The van der Waals surface area contributed by atoms with E-state index in [2.05, 4.69) is 31.4 Å². The van der Waals surface area contributed by atoms with Crippen LogP contribution in [0.5, 0.6) is 0 Å². The molecule has 2 N–H and O–H groups in total. The van der Waals surface area contributed by atoms with Crippen LogP contribution in [0.15, 0.2) is 36.8 Å². The first-order valence-corrected chi connectivity index (χ1v) is 10.9. The number of anilines is 3. The van der Waals surface area contributed by atoms with Gasteiger partial charge in [-0.3, -0.25) is 14.6 Å². The Kier molecular flexibility index (Phi) is 5.45. The van der Waals surface area contributed by atoms with Crippen molar-refractivity contribution in [3.63, 3.8) is 0 Å². The molecule has 1 saturated heterocycles. The Morgan fingerprint density at radius 2 is 1.97 bits per heavy atom. The lowest BCUT2D eigenvalue weighted by molar-refractivity contribution is 0.0360. The summed E-state index contributed by atoms with van der Waals surface area (Å²) in [5.41, 5.74) is 9.35. The first kappa shape index (κ1) is 19.8. The van der Waals surface area contributed by atoms with Crippen molar-refractivity contribution in [2.75, 3.05) is 50.5 Å². The number of hydrogen-bond acceptors (Lipinski definition) is 10. The van der Waals surface area contributed by atoms with Gasteiger partial charge in [0.25, 0.3) is 0 Å². The lowest BCUT2D eigenvalue weighted by Crippen LogP contribution is -2.38. The minimum Gasteiger partial charge on any atom is -0.379 e. The zero-order valence-corrected chi connectivity index (χ0v) is 18.0. The molecule has 0 aliphatic carbocycles. The highest BCUT2D eigenvalue weighted by Crippen LogP contribution is 2.28. The molecule has 11 heteroatoms. The van der Waals surface area contributed by atoms with E-state index >= 15 is 0 Å². The number of morpholine rings is 1. The summed E-state index contributed by atoms with van der Waals surface area (Å²) in [7, 11) is 1.89. The number of nitrogens with zero attached hydrogens (tertiary/aromatic N) is 8. The topological polar surface area (TPSA) is 111 Å². The van der Waals surface area contributed by atoms with E-state index < -0.39 is 0 Å². The van der Waals surface area contributed by atoms with E-state index in [9.17, 15) is 0 Å². The largest absolute Gasteiger partial charge is 0.379 e. The third-order valence-corrected chi connectivity index (χ3v) is 6.13. The van der Waals surface area contributed by atoms with E-state index in [1.54, 1.807) is 0 Å². The summed E-state index contributed by atoms with van der Waals surface area (Å²) in [5.74, 6) is 0.754. The third kappa shape index (κ3) is 4.33. The van der Waals surface area contributed by atoms with Crippen molar-refractivity contribution >= 4 is 38.5 Å². The van der Waals surface area contributed by atoms with Crippen LogP contribution in [0.25, 0.3) is 22.2 Å². The zero-order chi connectivity index (χ0) is 21.2. The van der Waals surface area contributed by atoms with Crippen molar-refractivity contribution in [3.05, 3.63) is 36.8 Å². The average molecular weight is 438 g/mol. The minimum absolute atomic E-state index is 0.428. The van der Waals surface area contributed by atoms with Crippen molar-refractivity contribution in [3.8, 4) is 11.1 Å². The fourth-order valence-electron chi connectivity index (χ4n) is 3.50. The van der Waals surface area contributed by atoms with Crippen LogP contribution in [-0.2, 0) is 11.3 Å². The average Bonchev–Trinajstić information content (AvgIpc) is 3.46. The maximum atomic E-state index is 5.71. The van der Waals surface area contributed by atoms with Crippen molar-refractivity contribution in [1.82, 2.24) is 34.8 Å². The molecule has 0 radical (unpaired) electrons. The Bertz CT molecular complexity index is 1180. The quantitative estimate of drug-likeness (QED) is 0.484. The van der Waals surface area contributed by atoms with Gasteiger partial charge in [0, 0.05) is 50.2 Å². The van der Waals surface area contributed by atoms with Crippen LogP contribution in [0.1, 0.15) is 0 Å². The highest BCUT2D eigenvalue weighted by atomic mass is 32.1. The van der Waals surface area contributed by atoms with E-state index in [0.29, 0.717) is 10.3 Å². The highest BCUT2D eigenvalue weighted by Gasteiger charge is 2.13. The van der Waals surface area contributed by atoms with Crippen LogP contribution in [0, 0.1) is 0 Å². The molecule has 0 aromatic carbocycles. The minimum atomic E-state index is 0.428. The van der Waals surface area contributed by atoms with Gasteiger partial charge in [-0.25, -0.2) is 4.98 Å². The second-order valence-electron chi connectivity index (χ2n) is 7.36. The van der Waals surface area contributed by atoms with Gasteiger partial charge in [0.1, 0.15) is 5.82 Å². The van der Waals surface area contributed by atoms with E-state index in [0.717, 1.165) is 67.4 Å². The molecule has 0 saturated carbocycles. The van der Waals surface area contributed by atoms with Gasteiger partial charge in [0.15, 0.2) is 0 Å². The SMILES string of the molecule is CN(c1ccc2ncc(-c3cnn(CCN4CCOCC4)c3)cc2n1)c1nnc(N)s1. The van der Waals surface area contributed by atoms with Crippen molar-refractivity contribution in [2.24, 2.45) is 0 Å². The maximum Gasteiger partial charge on any atom is 0.215 e. The molecule has 0 bridgehead atoms. The molecule has 0 unspecified atom stereocenters. The van der Waals surface area contributed by atoms with Crippen molar-refractivity contribution < 1.29 is 4.74 Å². The molecule has 5 rings (SSSR count). The molecule has 1 fully saturated rings. The summed E-state index contributed by atoms with van der Waals surface area (Å²) in [6.45, 7) is 5.39. The fourth-order valence-corrected chi connectivity index (χ4v) is 4.08. The highest BCUT2D eigenvalue weighted by molar-refractivity contribution is 7.18. The third-order valence-electron chi connectivity index (χ3n) is 5.30. The molecule has 0 atom stereocenters. The van der Waals surface area contributed by atoms with E-state index in [1.807, 2.05) is 47.2 Å².